The molecule has 0 heterocycles. The third-order valence-corrected chi connectivity index (χ3v) is 4.37. The van der Waals surface area contributed by atoms with Gasteiger partial charge in [-0.05, 0) is 54.9 Å². The summed E-state index contributed by atoms with van der Waals surface area (Å²) in [5, 5.41) is 3.50. The number of halogens is 1. The molecule has 0 aromatic heterocycles. The molecule has 1 unspecified atom stereocenters. The molecule has 0 spiro atoms. The number of thioether (sulfide) groups is 1. The first-order valence-corrected chi connectivity index (χ1v) is 8.83. The predicted octanol–water partition coefficient (Wildman–Crippen LogP) is 4.52. The van der Waals surface area contributed by atoms with Gasteiger partial charge in [-0.3, -0.25) is 0 Å². The van der Waals surface area contributed by atoms with Crippen LogP contribution in [0.5, 0.6) is 0 Å². The fraction of sp³-hybridized carbons (Fsp3) is 0.647. The minimum absolute atomic E-state index is 0.0648. The number of hydrogen-bond acceptors (Lipinski definition) is 2. The van der Waals surface area contributed by atoms with Gasteiger partial charge in [0, 0.05) is 6.04 Å². The Morgan fingerprint density at radius 3 is 2.65 bits per heavy atom. The molecule has 0 aliphatic rings. The maximum Gasteiger partial charge on any atom is 0.126 e. The molecule has 0 saturated heterocycles. The van der Waals surface area contributed by atoms with Crippen molar-refractivity contribution in [3.63, 3.8) is 0 Å². The summed E-state index contributed by atoms with van der Waals surface area (Å²) in [6.45, 7) is 7.49. The molecule has 1 rings (SSSR count). The highest BCUT2D eigenvalue weighted by molar-refractivity contribution is 7.99. The average molecular weight is 297 g/mol. The van der Waals surface area contributed by atoms with Crippen molar-refractivity contribution in [3.8, 4) is 0 Å². The van der Waals surface area contributed by atoms with Gasteiger partial charge in [0.25, 0.3) is 0 Å². The van der Waals surface area contributed by atoms with Gasteiger partial charge in [0.1, 0.15) is 5.82 Å². The third-order valence-electron chi connectivity index (χ3n) is 3.39. The van der Waals surface area contributed by atoms with Crippen LogP contribution in [0.15, 0.2) is 24.3 Å². The second-order valence-corrected chi connectivity index (χ2v) is 6.96. The van der Waals surface area contributed by atoms with Gasteiger partial charge >= 0.3 is 0 Å². The maximum atomic E-state index is 13.8. The predicted molar refractivity (Wildman–Crippen MR) is 89.0 cm³/mol. The topological polar surface area (TPSA) is 12.0 Å². The van der Waals surface area contributed by atoms with Crippen LogP contribution in [-0.2, 0) is 6.42 Å². The largest absolute Gasteiger partial charge is 0.314 e. The van der Waals surface area contributed by atoms with Crippen molar-refractivity contribution < 1.29 is 4.39 Å². The van der Waals surface area contributed by atoms with E-state index in [9.17, 15) is 4.39 Å². The number of hydrogen-bond donors (Lipinski definition) is 1. The van der Waals surface area contributed by atoms with E-state index in [0.717, 1.165) is 18.5 Å². The van der Waals surface area contributed by atoms with Gasteiger partial charge in [0.15, 0.2) is 0 Å². The molecule has 1 N–H and O–H groups in total. The Morgan fingerprint density at radius 2 is 2.00 bits per heavy atom. The zero-order valence-corrected chi connectivity index (χ0v) is 13.8. The van der Waals surface area contributed by atoms with Crippen LogP contribution in [0.4, 0.5) is 4.39 Å². The minimum atomic E-state index is -0.0648. The van der Waals surface area contributed by atoms with E-state index in [2.05, 4.69) is 26.1 Å². The fourth-order valence-corrected chi connectivity index (χ4v) is 2.93. The van der Waals surface area contributed by atoms with E-state index in [4.69, 9.17) is 0 Å². The summed E-state index contributed by atoms with van der Waals surface area (Å²) in [5.74, 6) is 2.85. The Morgan fingerprint density at radius 1 is 1.25 bits per heavy atom. The first-order chi connectivity index (χ1) is 9.63. The van der Waals surface area contributed by atoms with Crippen LogP contribution in [0.25, 0.3) is 0 Å². The fourth-order valence-electron chi connectivity index (χ4n) is 2.27. The lowest BCUT2D eigenvalue weighted by molar-refractivity contribution is 0.414. The Hall–Kier alpha value is -0.540. The van der Waals surface area contributed by atoms with Gasteiger partial charge < -0.3 is 5.32 Å². The lowest BCUT2D eigenvalue weighted by Crippen LogP contribution is -2.30. The number of rotatable bonds is 10. The summed E-state index contributed by atoms with van der Waals surface area (Å²) in [7, 11) is 0. The maximum absolute atomic E-state index is 13.8. The highest BCUT2D eigenvalue weighted by atomic mass is 32.2. The van der Waals surface area contributed by atoms with Crippen LogP contribution >= 0.6 is 11.8 Å². The molecule has 0 amide bonds. The van der Waals surface area contributed by atoms with Crippen molar-refractivity contribution in [2.24, 2.45) is 5.92 Å². The van der Waals surface area contributed by atoms with Gasteiger partial charge in [-0.1, -0.05) is 39.0 Å². The molecule has 0 aliphatic carbocycles. The summed E-state index contributed by atoms with van der Waals surface area (Å²) < 4.78 is 13.8. The van der Waals surface area contributed by atoms with Crippen LogP contribution in [0.1, 0.15) is 39.2 Å². The Balaban J connectivity index is 2.50. The third kappa shape index (κ3) is 7.30. The zero-order valence-electron chi connectivity index (χ0n) is 13.0. The molecule has 0 bridgehead atoms. The second kappa shape index (κ2) is 10.2. The van der Waals surface area contributed by atoms with Crippen LogP contribution < -0.4 is 5.32 Å². The molecule has 114 valence electrons. The van der Waals surface area contributed by atoms with Crippen molar-refractivity contribution in [2.75, 3.05) is 18.1 Å². The van der Waals surface area contributed by atoms with Crippen molar-refractivity contribution in [1.29, 1.82) is 0 Å². The van der Waals surface area contributed by atoms with Gasteiger partial charge in [0.2, 0.25) is 0 Å². The van der Waals surface area contributed by atoms with Gasteiger partial charge in [-0.15, -0.1) is 0 Å². The standard InChI is InChI=1S/C17H28FNS/c1-4-20-11-7-8-15(13-19-14(2)3)12-16-9-5-6-10-17(16)18/h5-6,9-10,14-15,19H,4,7-8,11-13H2,1-3H3. The molecule has 1 aromatic rings. The lowest BCUT2D eigenvalue weighted by atomic mass is 9.94. The summed E-state index contributed by atoms with van der Waals surface area (Å²) in [5.41, 5.74) is 0.853. The summed E-state index contributed by atoms with van der Waals surface area (Å²) in [6, 6.07) is 7.66. The van der Waals surface area contributed by atoms with Crippen LogP contribution in [0, 0.1) is 11.7 Å². The van der Waals surface area contributed by atoms with Crippen LogP contribution in [-0.4, -0.2) is 24.1 Å². The first kappa shape index (κ1) is 17.5. The average Bonchev–Trinajstić information content (AvgIpc) is 2.42. The highest BCUT2D eigenvalue weighted by Gasteiger charge is 2.12. The quantitative estimate of drug-likeness (QED) is 0.637. The Kier molecular flexibility index (Phi) is 8.95. The van der Waals surface area contributed by atoms with E-state index >= 15 is 0 Å². The second-order valence-electron chi connectivity index (χ2n) is 5.56. The molecule has 1 atom stereocenters. The molecule has 1 aromatic carbocycles. The first-order valence-electron chi connectivity index (χ1n) is 7.68. The van der Waals surface area contributed by atoms with E-state index < -0.39 is 0 Å². The van der Waals surface area contributed by atoms with Gasteiger partial charge in [-0.2, -0.15) is 11.8 Å². The molecule has 0 fully saturated rings. The van der Waals surface area contributed by atoms with E-state index in [1.54, 1.807) is 12.1 Å². The molecule has 0 aliphatic heterocycles. The minimum Gasteiger partial charge on any atom is -0.314 e. The molecular weight excluding hydrogens is 269 g/mol. The smallest absolute Gasteiger partial charge is 0.126 e. The van der Waals surface area contributed by atoms with Crippen LogP contribution in [0.2, 0.25) is 0 Å². The molecule has 0 saturated carbocycles. The number of benzene rings is 1. The van der Waals surface area contributed by atoms with Crippen molar-refractivity contribution in [2.45, 2.75) is 46.1 Å². The monoisotopic (exact) mass is 297 g/mol. The molecular formula is C17H28FNS. The molecule has 1 nitrogen and oxygen atoms in total. The Labute approximate surface area is 127 Å². The highest BCUT2D eigenvalue weighted by Crippen LogP contribution is 2.18. The van der Waals surface area contributed by atoms with Crippen molar-refractivity contribution >= 4 is 11.8 Å². The molecule has 20 heavy (non-hydrogen) atoms. The molecule has 0 radical (unpaired) electrons. The van der Waals surface area contributed by atoms with E-state index in [1.165, 1.54) is 24.3 Å². The van der Waals surface area contributed by atoms with E-state index in [1.807, 2.05) is 23.9 Å². The lowest BCUT2D eigenvalue weighted by Gasteiger charge is -2.19. The zero-order chi connectivity index (χ0) is 14.8. The van der Waals surface area contributed by atoms with E-state index in [0.29, 0.717) is 12.0 Å². The van der Waals surface area contributed by atoms with Crippen molar-refractivity contribution in [1.82, 2.24) is 5.32 Å². The Bertz CT molecular complexity index is 368. The van der Waals surface area contributed by atoms with Gasteiger partial charge in [0.05, 0.1) is 0 Å². The van der Waals surface area contributed by atoms with Crippen molar-refractivity contribution in [3.05, 3.63) is 35.6 Å². The van der Waals surface area contributed by atoms with Gasteiger partial charge in [-0.25, -0.2) is 4.39 Å². The summed E-state index contributed by atoms with van der Waals surface area (Å²) in [4.78, 5) is 0. The normalized spacial score (nSPS) is 12.8. The molecule has 3 heteroatoms. The summed E-state index contributed by atoms with van der Waals surface area (Å²) in [6.07, 6.45) is 3.22. The van der Waals surface area contributed by atoms with E-state index in [-0.39, 0.29) is 5.82 Å². The number of nitrogens with one attached hydrogen (secondary N) is 1. The van der Waals surface area contributed by atoms with Crippen LogP contribution in [0.3, 0.4) is 0 Å². The summed E-state index contributed by atoms with van der Waals surface area (Å²) >= 11 is 1.99. The SMILES string of the molecule is CCSCCCC(CNC(C)C)Cc1ccccc1F.